The highest BCUT2D eigenvalue weighted by molar-refractivity contribution is 5.82. The van der Waals surface area contributed by atoms with Crippen molar-refractivity contribution in [1.82, 2.24) is 4.90 Å². The number of carbonyl (C=O) groups excluding carboxylic acids is 1. The maximum Gasteiger partial charge on any atom is 0.343 e. The molecule has 7 nitrogen and oxygen atoms in total. The van der Waals surface area contributed by atoms with Gasteiger partial charge in [0.25, 0.3) is 0 Å². The number of hydrogen-bond donors (Lipinski definition) is 3. The van der Waals surface area contributed by atoms with Gasteiger partial charge in [0.05, 0.1) is 13.1 Å². The van der Waals surface area contributed by atoms with Crippen molar-refractivity contribution in [2.45, 2.75) is 50.4 Å². The number of carbonyl (C=O) groups is 1. The van der Waals surface area contributed by atoms with Crippen molar-refractivity contribution in [3.63, 3.8) is 0 Å². The fourth-order valence-electron chi connectivity index (χ4n) is 4.74. The standard InChI is InChI=1S/C25H31N3O4/c26-24(27-16-18-8-4-7-13-22(18)29)28-15-14-21(17-28)32-23(30)25(31,20-11-5-6-12-20)19-9-2-1-3-10-19/h1-4,7-10,13,20-21,29,31H,5-6,11-12,14-17H2,(H2,26,27)/t21?,25-/m0/s1. The van der Waals surface area contributed by atoms with Crippen molar-refractivity contribution in [3.8, 4) is 5.75 Å². The van der Waals surface area contributed by atoms with E-state index < -0.39 is 11.6 Å². The zero-order valence-electron chi connectivity index (χ0n) is 18.2. The molecular weight excluding hydrogens is 406 g/mol. The first-order valence-electron chi connectivity index (χ1n) is 11.3. The van der Waals surface area contributed by atoms with E-state index >= 15 is 0 Å². The van der Waals surface area contributed by atoms with Crippen LogP contribution in [0.2, 0.25) is 0 Å². The third kappa shape index (κ3) is 4.58. The summed E-state index contributed by atoms with van der Waals surface area (Å²) in [5.41, 5.74) is 5.81. The molecule has 1 aliphatic carbocycles. The molecule has 0 aromatic heterocycles. The molecule has 2 aromatic carbocycles. The van der Waals surface area contributed by atoms with Crippen LogP contribution in [0.25, 0.3) is 0 Å². The number of aliphatic imine (C=N–C) groups is 1. The van der Waals surface area contributed by atoms with Crippen LogP contribution >= 0.6 is 0 Å². The number of phenols is 1. The number of nitrogens with two attached hydrogens (primary N) is 1. The zero-order valence-corrected chi connectivity index (χ0v) is 18.2. The number of para-hydroxylation sites is 1. The Bertz CT molecular complexity index is 959. The van der Waals surface area contributed by atoms with Gasteiger partial charge in [-0.25, -0.2) is 9.79 Å². The summed E-state index contributed by atoms with van der Waals surface area (Å²) in [5, 5.41) is 21.4. The summed E-state index contributed by atoms with van der Waals surface area (Å²) >= 11 is 0. The first-order valence-corrected chi connectivity index (χ1v) is 11.3. The number of hydrogen-bond acceptors (Lipinski definition) is 5. The van der Waals surface area contributed by atoms with Gasteiger partial charge in [-0.2, -0.15) is 0 Å². The van der Waals surface area contributed by atoms with Crippen LogP contribution in [0.15, 0.2) is 59.6 Å². The summed E-state index contributed by atoms with van der Waals surface area (Å²) in [6.07, 6.45) is 3.89. The van der Waals surface area contributed by atoms with Crippen LogP contribution in [0.5, 0.6) is 5.75 Å². The van der Waals surface area contributed by atoms with Gasteiger partial charge in [-0.05, 0) is 24.5 Å². The molecule has 1 saturated carbocycles. The zero-order chi connectivity index (χ0) is 22.6. The van der Waals surface area contributed by atoms with Crippen LogP contribution < -0.4 is 5.73 Å². The predicted molar refractivity (Wildman–Crippen MR) is 122 cm³/mol. The number of phenolic OH excluding ortho intramolecular Hbond substituents is 1. The van der Waals surface area contributed by atoms with Gasteiger partial charge in [0, 0.05) is 24.4 Å². The van der Waals surface area contributed by atoms with E-state index in [-0.39, 0.29) is 24.3 Å². The lowest BCUT2D eigenvalue weighted by Crippen LogP contribution is -2.45. The van der Waals surface area contributed by atoms with E-state index in [1.54, 1.807) is 30.3 Å². The van der Waals surface area contributed by atoms with E-state index in [1.165, 1.54) is 0 Å². The second-order valence-electron chi connectivity index (χ2n) is 8.68. The lowest BCUT2D eigenvalue weighted by Gasteiger charge is -2.33. The summed E-state index contributed by atoms with van der Waals surface area (Å²) in [6, 6.07) is 16.1. The largest absolute Gasteiger partial charge is 0.508 e. The highest BCUT2D eigenvalue weighted by Crippen LogP contribution is 2.42. The normalized spacial score (nSPS) is 21.5. The Hall–Kier alpha value is -3.06. The summed E-state index contributed by atoms with van der Waals surface area (Å²) < 4.78 is 5.82. The summed E-state index contributed by atoms with van der Waals surface area (Å²) in [5.74, 6) is -0.183. The molecule has 2 aromatic rings. The monoisotopic (exact) mass is 437 g/mol. The van der Waals surface area contributed by atoms with Crippen LogP contribution in [-0.4, -0.2) is 46.2 Å². The fraction of sp³-hybridized carbons (Fsp3) is 0.440. The SMILES string of the molecule is NC(=NCc1ccccc1O)N1CCC(OC(=O)[C@](O)(c2ccccc2)C2CCCC2)C1. The van der Waals surface area contributed by atoms with Gasteiger partial charge in [0.1, 0.15) is 11.9 Å². The Labute approximate surface area is 188 Å². The van der Waals surface area contributed by atoms with Crippen molar-refractivity contribution in [1.29, 1.82) is 0 Å². The second-order valence-corrected chi connectivity index (χ2v) is 8.68. The van der Waals surface area contributed by atoms with Crippen molar-refractivity contribution in [2.24, 2.45) is 16.6 Å². The third-order valence-corrected chi connectivity index (χ3v) is 6.62. The van der Waals surface area contributed by atoms with Gasteiger partial charge >= 0.3 is 5.97 Å². The van der Waals surface area contributed by atoms with E-state index in [0.29, 0.717) is 36.6 Å². The Morgan fingerprint density at radius 1 is 1.09 bits per heavy atom. The Balaban J connectivity index is 1.41. The molecule has 170 valence electrons. The first-order chi connectivity index (χ1) is 15.5. The lowest BCUT2D eigenvalue weighted by atomic mass is 9.80. The third-order valence-electron chi connectivity index (χ3n) is 6.62. The predicted octanol–water partition coefficient (Wildman–Crippen LogP) is 2.90. The molecule has 4 rings (SSSR count). The molecular formula is C25H31N3O4. The molecule has 0 spiro atoms. The molecule has 7 heteroatoms. The van der Waals surface area contributed by atoms with Crippen LogP contribution in [0.3, 0.4) is 0 Å². The van der Waals surface area contributed by atoms with Gasteiger partial charge in [-0.1, -0.05) is 61.4 Å². The molecule has 1 unspecified atom stereocenters. The summed E-state index contributed by atoms with van der Waals surface area (Å²) in [7, 11) is 0. The number of aliphatic hydroxyl groups is 1. The number of nitrogens with zero attached hydrogens (tertiary/aromatic N) is 2. The van der Waals surface area contributed by atoms with Crippen molar-refractivity contribution in [2.75, 3.05) is 13.1 Å². The van der Waals surface area contributed by atoms with Crippen LogP contribution in [0.1, 0.15) is 43.2 Å². The quantitative estimate of drug-likeness (QED) is 0.364. The van der Waals surface area contributed by atoms with E-state index in [9.17, 15) is 15.0 Å². The van der Waals surface area contributed by atoms with E-state index in [4.69, 9.17) is 10.5 Å². The molecule has 0 amide bonds. The van der Waals surface area contributed by atoms with E-state index in [1.807, 2.05) is 29.2 Å². The summed E-state index contributed by atoms with van der Waals surface area (Å²) in [6.45, 7) is 1.31. The average Bonchev–Trinajstić information content (AvgIpc) is 3.51. The topological polar surface area (TPSA) is 108 Å². The summed E-state index contributed by atoms with van der Waals surface area (Å²) in [4.78, 5) is 19.5. The van der Waals surface area contributed by atoms with Gasteiger partial charge in [0.2, 0.25) is 0 Å². The Morgan fingerprint density at radius 3 is 2.50 bits per heavy atom. The minimum absolute atomic E-state index is 0.139. The van der Waals surface area contributed by atoms with Gasteiger partial charge in [0.15, 0.2) is 11.6 Å². The second kappa shape index (κ2) is 9.61. The molecule has 2 fully saturated rings. The molecule has 2 atom stereocenters. The van der Waals surface area contributed by atoms with Crippen molar-refractivity contribution < 1.29 is 19.7 Å². The molecule has 0 radical (unpaired) electrons. The van der Waals surface area contributed by atoms with E-state index in [0.717, 1.165) is 25.7 Å². The minimum atomic E-state index is -1.63. The van der Waals surface area contributed by atoms with Crippen LogP contribution in [0.4, 0.5) is 0 Å². The smallest absolute Gasteiger partial charge is 0.343 e. The maximum absolute atomic E-state index is 13.3. The molecule has 1 aliphatic heterocycles. The number of ether oxygens (including phenoxy) is 1. The lowest BCUT2D eigenvalue weighted by molar-refractivity contribution is -0.178. The fourth-order valence-corrected chi connectivity index (χ4v) is 4.74. The molecule has 2 aliphatic rings. The Morgan fingerprint density at radius 2 is 1.78 bits per heavy atom. The molecule has 1 heterocycles. The number of likely N-dealkylation sites (tertiary alicyclic amines) is 1. The average molecular weight is 438 g/mol. The van der Waals surface area contributed by atoms with Crippen molar-refractivity contribution in [3.05, 3.63) is 65.7 Å². The minimum Gasteiger partial charge on any atom is -0.508 e. The number of rotatable bonds is 6. The molecule has 4 N–H and O–H groups in total. The van der Waals surface area contributed by atoms with Crippen molar-refractivity contribution >= 4 is 11.9 Å². The first kappa shape index (κ1) is 22.1. The highest BCUT2D eigenvalue weighted by Gasteiger charge is 2.48. The number of aromatic hydroxyl groups is 1. The van der Waals surface area contributed by atoms with Gasteiger partial charge in [-0.3, -0.25) is 0 Å². The van der Waals surface area contributed by atoms with Crippen LogP contribution in [0, 0.1) is 5.92 Å². The van der Waals surface area contributed by atoms with E-state index in [2.05, 4.69) is 4.99 Å². The highest BCUT2D eigenvalue weighted by atomic mass is 16.6. The van der Waals surface area contributed by atoms with Gasteiger partial charge in [-0.15, -0.1) is 0 Å². The molecule has 32 heavy (non-hydrogen) atoms. The number of guanidine groups is 1. The number of esters is 1. The van der Waals surface area contributed by atoms with Crippen LogP contribution in [-0.2, 0) is 21.7 Å². The Kier molecular flexibility index (Phi) is 6.65. The maximum atomic E-state index is 13.3. The van der Waals surface area contributed by atoms with Gasteiger partial charge < -0.3 is 25.6 Å². The molecule has 1 saturated heterocycles. The number of benzene rings is 2. The molecule has 0 bridgehead atoms.